The zero-order valence-electron chi connectivity index (χ0n) is 9.33. The van der Waals surface area contributed by atoms with Gasteiger partial charge in [0.15, 0.2) is 0 Å². The van der Waals surface area contributed by atoms with Crippen molar-refractivity contribution in [1.29, 1.82) is 5.41 Å². The van der Waals surface area contributed by atoms with E-state index in [2.05, 4.69) is 5.32 Å². The number of carbonyl (C=O) groups is 2. The van der Waals surface area contributed by atoms with Crippen LogP contribution in [0.2, 0.25) is 0 Å². The van der Waals surface area contributed by atoms with Gasteiger partial charge >= 0.3 is 0 Å². The van der Waals surface area contributed by atoms with Crippen LogP contribution in [-0.4, -0.2) is 17.4 Å². The molecule has 84 valence electrons. The molecule has 1 amide bonds. The van der Waals surface area contributed by atoms with Crippen LogP contribution in [0.25, 0.3) is 0 Å². The summed E-state index contributed by atoms with van der Waals surface area (Å²) in [4.78, 5) is 22.0. The lowest BCUT2D eigenvalue weighted by Crippen LogP contribution is -2.14. The van der Waals surface area contributed by atoms with Crippen molar-refractivity contribution < 1.29 is 9.59 Å². The van der Waals surface area contributed by atoms with Crippen molar-refractivity contribution in [3.63, 3.8) is 0 Å². The van der Waals surface area contributed by atoms with Crippen molar-refractivity contribution in [2.45, 2.75) is 20.3 Å². The molecule has 0 unspecified atom stereocenters. The summed E-state index contributed by atoms with van der Waals surface area (Å²) >= 11 is 0. The number of anilines is 1. The Hall–Kier alpha value is -1.97. The molecule has 0 fully saturated rings. The van der Waals surface area contributed by atoms with Gasteiger partial charge in [0.1, 0.15) is 5.78 Å². The van der Waals surface area contributed by atoms with E-state index in [1.54, 1.807) is 31.2 Å². The molecule has 0 aromatic heterocycles. The summed E-state index contributed by atoms with van der Waals surface area (Å²) < 4.78 is 0. The predicted molar refractivity (Wildman–Crippen MR) is 62.9 cm³/mol. The second kappa shape index (κ2) is 5.21. The fraction of sp³-hybridized carbons (Fsp3) is 0.250. The number of rotatable bonds is 4. The summed E-state index contributed by atoms with van der Waals surface area (Å²) in [6.45, 7) is 3.07. The average Bonchev–Trinajstić information content (AvgIpc) is 2.16. The molecule has 0 atom stereocenters. The van der Waals surface area contributed by atoms with E-state index >= 15 is 0 Å². The third kappa shape index (κ3) is 3.65. The van der Waals surface area contributed by atoms with E-state index in [4.69, 9.17) is 5.41 Å². The monoisotopic (exact) mass is 218 g/mol. The van der Waals surface area contributed by atoms with E-state index in [9.17, 15) is 9.59 Å². The lowest BCUT2D eigenvalue weighted by Gasteiger charge is -2.04. The molecule has 1 aromatic rings. The average molecular weight is 218 g/mol. The third-order valence-corrected chi connectivity index (χ3v) is 2.01. The minimum atomic E-state index is -0.313. The van der Waals surface area contributed by atoms with Gasteiger partial charge in [0.2, 0.25) is 5.91 Å². The topological polar surface area (TPSA) is 70.0 Å². The summed E-state index contributed by atoms with van der Waals surface area (Å²) in [5.41, 5.74) is 1.92. The van der Waals surface area contributed by atoms with Gasteiger partial charge in [-0.05, 0) is 31.5 Å². The van der Waals surface area contributed by atoms with Crippen LogP contribution < -0.4 is 5.32 Å². The van der Waals surface area contributed by atoms with Gasteiger partial charge in [0.25, 0.3) is 0 Å². The largest absolute Gasteiger partial charge is 0.326 e. The van der Waals surface area contributed by atoms with E-state index in [1.807, 2.05) is 0 Å². The number of hydrogen-bond acceptors (Lipinski definition) is 3. The number of carbonyl (C=O) groups excluding carboxylic acids is 2. The van der Waals surface area contributed by atoms with Crippen LogP contribution in [0.4, 0.5) is 5.69 Å². The third-order valence-electron chi connectivity index (χ3n) is 2.01. The molecule has 0 spiro atoms. The van der Waals surface area contributed by atoms with E-state index in [-0.39, 0.29) is 18.1 Å². The molecule has 2 N–H and O–H groups in total. The van der Waals surface area contributed by atoms with Crippen LogP contribution in [0.5, 0.6) is 0 Å². The molecule has 0 bridgehead atoms. The Morgan fingerprint density at radius 2 is 1.75 bits per heavy atom. The fourth-order valence-electron chi connectivity index (χ4n) is 1.23. The van der Waals surface area contributed by atoms with E-state index < -0.39 is 0 Å². The number of Topliss-reactive ketones (excluding diaryl/α,β-unsaturated/α-hetero) is 1. The number of ketones is 1. The SMILES string of the molecule is CC(=N)c1ccc(NC(=O)CC(C)=O)cc1. The summed E-state index contributed by atoms with van der Waals surface area (Å²) in [6, 6.07) is 6.94. The molecule has 16 heavy (non-hydrogen) atoms. The molecule has 0 aliphatic carbocycles. The number of amides is 1. The lowest BCUT2D eigenvalue weighted by molar-refractivity contribution is -0.124. The molecular weight excluding hydrogens is 204 g/mol. The Bertz CT molecular complexity index is 421. The zero-order valence-corrected chi connectivity index (χ0v) is 9.33. The smallest absolute Gasteiger partial charge is 0.231 e. The standard InChI is InChI=1S/C12H14N2O2/c1-8(15)7-12(16)14-11-5-3-10(4-6-11)9(2)13/h3-6,13H,7H2,1-2H3,(H,14,16). The van der Waals surface area contributed by atoms with Gasteiger partial charge in [-0.2, -0.15) is 0 Å². The molecule has 0 heterocycles. The molecule has 4 heteroatoms. The van der Waals surface area contributed by atoms with Crippen molar-refractivity contribution in [2.24, 2.45) is 0 Å². The molecular formula is C12H14N2O2. The minimum absolute atomic E-state index is 0.106. The number of benzene rings is 1. The van der Waals surface area contributed by atoms with Gasteiger partial charge < -0.3 is 10.7 Å². The maximum atomic E-state index is 11.3. The Balaban J connectivity index is 2.65. The fourth-order valence-corrected chi connectivity index (χ4v) is 1.23. The molecule has 0 saturated heterocycles. The normalized spacial score (nSPS) is 9.62. The Kier molecular flexibility index (Phi) is 3.94. The molecule has 0 aliphatic heterocycles. The number of hydrogen-bond donors (Lipinski definition) is 2. The molecule has 0 aliphatic rings. The van der Waals surface area contributed by atoms with Crippen molar-refractivity contribution in [3.05, 3.63) is 29.8 Å². The first-order chi connectivity index (χ1) is 7.49. The first-order valence-electron chi connectivity index (χ1n) is 4.94. The first-order valence-corrected chi connectivity index (χ1v) is 4.94. The van der Waals surface area contributed by atoms with Crippen LogP contribution in [0.1, 0.15) is 25.8 Å². The van der Waals surface area contributed by atoms with E-state index in [1.165, 1.54) is 6.92 Å². The quantitative estimate of drug-likeness (QED) is 0.599. The van der Waals surface area contributed by atoms with Crippen molar-refractivity contribution in [3.8, 4) is 0 Å². The van der Waals surface area contributed by atoms with Gasteiger partial charge in [-0.3, -0.25) is 9.59 Å². The number of nitrogens with one attached hydrogen (secondary N) is 2. The van der Waals surface area contributed by atoms with Gasteiger partial charge in [-0.1, -0.05) is 12.1 Å². The highest BCUT2D eigenvalue weighted by Crippen LogP contribution is 2.10. The van der Waals surface area contributed by atoms with Crippen molar-refractivity contribution in [2.75, 3.05) is 5.32 Å². The van der Waals surface area contributed by atoms with Crippen LogP contribution in [0.3, 0.4) is 0 Å². The summed E-state index contributed by atoms with van der Waals surface area (Å²) in [6.07, 6.45) is -0.106. The van der Waals surface area contributed by atoms with Gasteiger partial charge in [0, 0.05) is 11.4 Å². The second-order valence-electron chi connectivity index (χ2n) is 3.63. The van der Waals surface area contributed by atoms with Gasteiger partial charge in [-0.15, -0.1) is 0 Å². The highest BCUT2D eigenvalue weighted by atomic mass is 16.2. The second-order valence-corrected chi connectivity index (χ2v) is 3.63. The van der Waals surface area contributed by atoms with Crippen LogP contribution in [-0.2, 0) is 9.59 Å². The molecule has 1 aromatic carbocycles. The van der Waals surface area contributed by atoms with Gasteiger partial charge in [-0.25, -0.2) is 0 Å². The predicted octanol–water partition coefficient (Wildman–Crippen LogP) is 1.99. The maximum Gasteiger partial charge on any atom is 0.231 e. The summed E-state index contributed by atoms with van der Waals surface area (Å²) in [5.74, 6) is -0.476. The first kappa shape index (κ1) is 12.1. The highest BCUT2D eigenvalue weighted by molar-refractivity contribution is 6.03. The maximum absolute atomic E-state index is 11.3. The van der Waals surface area contributed by atoms with Crippen molar-refractivity contribution >= 4 is 23.1 Å². The highest BCUT2D eigenvalue weighted by Gasteiger charge is 2.05. The molecule has 0 saturated carbocycles. The van der Waals surface area contributed by atoms with Gasteiger partial charge in [0.05, 0.1) is 6.42 Å². The summed E-state index contributed by atoms with van der Waals surface area (Å²) in [5, 5.41) is 10.0. The lowest BCUT2D eigenvalue weighted by atomic mass is 10.1. The van der Waals surface area contributed by atoms with Crippen molar-refractivity contribution in [1.82, 2.24) is 0 Å². The zero-order chi connectivity index (χ0) is 12.1. The molecule has 1 rings (SSSR count). The summed E-state index contributed by atoms with van der Waals surface area (Å²) in [7, 11) is 0. The molecule has 0 radical (unpaired) electrons. The minimum Gasteiger partial charge on any atom is -0.326 e. The van der Waals surface area contributed by atoms with Crippen LogP contribution >= 0.6 is 0 Å². The van der Waals surface area contributed by atoms with E-state index in [0.717, 1.165) is 5.56 Å². The van der Waals surface area contributed by atoms with Crippen LogP contribution in [0.15, 0.2) is 24.3 Å². The van der Waals surface area contributed by atoms with E-state index in [0.29, 0.717) is 11.4 Å². The Morgan fingerprint density at radius 3 is 2.19 bits per heavy atom. The molecule has 4 nitrogen and oxygen atoms in total. The Labute approximate surface area is 94.2 Å². The van der Waals surface area contributed by atoms with Crippen LogP contribution in [0, 0.1) is 5.41 Å². The Morgan fingerprint density at radius 1 is 1.19 bits per heavy atom.